The highest BCUT2D eigenvalue weighted by molar-refractivity contribution is 6.73. The predicted molar refractivity (Wildman–Crippen MR) is 81.3 cm³/mol. The van der Waals surface area contributed by atoms with Crippen LogP contribution < -0.4 is 0 Å². The number of carbonyl (C=O) groups excluding carboxylic acids is 1. The van der Waals surface area contributed by atoms with Gasteiger partial charge in [0.2, 0.25) is 0 Å². The Bertz CT molecular complexity index is 272. The molecule has 0 heterocycles. The van der Waals surface area contributed by atoms with Crippen molar-refractivity contribution >= 4 is 14.6 Å². The summed E-state index contributed by atoms with van der Waals surface area (Å²) in [5.41, 5.74) is 0. The number of rotatable bonds is 9. The standard InChI is InChI=1S/C15H28O2Si/c1-6-10-11-12-15(14(5)13-16)17-18(7-2,8-3)9-4/h6,10-15H,7-9H2,1-5H3/b10-6+,12-11+/t14-,15+/m0/s1. The normalized spacial score (nSPS) is 16.3. The molecule has 0 bridgehead atoms. The lowest BCUT2D eigenvalue weighted by Crippen LogP contribution is -2.41. The van der Waals surface area contributed by atoms with Gasteiger partial charge in [0.15, 0.2) is 8.32 Å². The summed E-state index contributed by atoms with van der Waals surface area (Å²) in [5.74, 6) is -0.0805. The third-order valence-electron chi connectivity index (χ3n) is 3.66. The van der Waals surface area contributed by atoms with Gasteiger partial charge in [0, 0.05) is 5.92 Å². The second-order valence-corrected chi connectivity index (χ2v) is 9.46. The topological polar surface area (TPSA) is 26.3 Å². The zero-order valence-corrected chi connectivity index (χ0v) is 13.5. The highest BCUT2D eigenvalue weighted by Crippen LogP contribution is 2.25. The van der Waals surface area contributed by atoms with E-state index in [1.54, 1.807) is 0 Å². The lowest BCUT2D eigenvalue weighted by Gasteiger charge is -2.33. The summed E-state index contributed by atoms with van der Waals surface area (Å²) >= 11 is 0. The van der Waals surface area contributed by atoms with Crippen LogP contribution in [0.1, 0.15) is 34.6 Å². The van der Waals surface area contributed by atoms with Crippen LogP contribution in [0.25, 0.3) is 0 Å². The first kappa shape index (κ1) is 17.3. The van der Waals surface area contributed by atoms with Crippen molar-refractivity contribution in [3.63, 3.8) is 0 Å². The first-order valence-corrected chi connectivity index (χ1v) is 9.54. The molecule has 18 heavy (non-hydrogen) atoms. The van der Waals surface area contributed by atoms with Crippen LogP contribution in [-0.4, -0.2) is 20.7 Å². The molecule has 0 amide bonds. The first-order chi connectivity index (χ1) is 8.59. The summed E-state index contributed by atoms with van der Waals surface area (Å²) < 4.78 is 6.37. The van der Waals surface area contributed by atoms with Crippen LogP contribution in [0.15, 0.2) is 24.3 Å². The van der Waals surface area contributed by atoms with Crippen molar-refractivity contribution in [2.45, 2.75) is 58.9 Å². The van der Waals surface area contributed by atoms with E-state index in [1.165, 1.54) is 0 Å². The van der Waals surface area contributed by atoms with Crippen LogP contribution in [0.4, 0.5) is 0 Å². The molecule has 3 heteroatoms. The SMILES string of the molecule is C/C=C/C=C/[C@@H](O[Si](CC)(CC)CC)[C@@H](C)C=O. The maximum atomic E-state index is 11.0. The van der Waals surface area contributed by atoms with Gasteiger partial charge in [-0.25, -0.2) is 0 Å². The van der Waals surface area contributed by atoms with Crippen molar-refractivity contribution < 1.29 is 9.22 Å². The summed E-state index contributed by atoms with van der Waals surface area (Å²) in [6.45, 7) is 10.5. The van der Waals surface area contributed by atoms with Crippen LogP contribution in [0.3, 0.4) is 0 Å². The van der Waals surface area contributed by atoms with E-state index < -0.39 is 8.32 Å². The molecule has 0 aliphatic rings. The Hall–Kier alpha value is -0.673. The van der Waals surface area contributed by atoms with E-state index >= 15 is 0 Å². The van der Waals surface area contributed by atoms with Gasteiger partial charge in [-0.05, 0) is 25.1 Å². The fourth-order valence-corrected chi connectivity index (χ4v) is 4.84. The van der Waals surface area contributed by atoms with E-state index in [0.717, 1.165) is 24.4 Å². The van der Waals surface area contributed by atoms with Gasteiger partial charge in [-0.3, -0.25) is 0 Å². The van der Waals surface area contributed by atoms with E-state index in [4.69, 9.17) is 4.43 Å². The summed E-state index contributed by atoms with van der Waals surface area (Å²) in [4.78, 5) is 11.0. The quantitative estimate of drug-likeness (QED) is 0.353. The van der Waals surface area contributed by atoms with Crippen molar-refractivity contribution in [1.29, 1.82) is 0 Å². The van der Waals surface area contributed by atoms with E-state index in [9.17, 15) is 4.79 Å². The minimum atomic E-state index is -1.65. The fourth-order valence-electron chi connectivity index (χ4n) is 1.97. The highest BCUT2D eigenvalue weighted by Gasteiger charge is 2.32. The Morgan fingerprint density at radius 2 is 1.67 bits per heavy atom. The third-order valence-corrected chi connectivity index (χ3v) is 8.29. The Kier molecular flexibility index (Phi) is 8.94. The van der Waals surface area contributed by atoms with E-state index in [2.05, 4.69) is 20.8 Å². The molecule has 0 aromatic rings. The molecule has 0 aliphatic carbocycles. The molecule has 0 spiro atoms. The van der Waals surface area contributed by atoms with Gasteiger partial charge in [0.05, 0.1) is 6.10 Å². The molecule has 104 valence electrons. The second-order valence-electron chi connectivity index (χ2n) is 4.73. The Labute approximate surface area is 113 Å². The van der Waals surface area contributed by atoms with Crippen LogP contribution in [0, 0.1) is 5.92 Å². The van der Waals surface area contributed by atoms with Gasteiger partial charge in [-0.15, -0.1) is 0 Å². The monoisotopic (exact) mass is 268 g/mol. The molecule has 0 rings (SSSR count). The van der Waals surface area contributed by atoms with Gasteiger partial charge in [0.25, 0.3) is 0 Å². The number of hydrogen-bond donors (Lipinski definition) is 0. The van der Waals surface area contributed by atoms with Gasteiger partial charge in [-0.2, -0.15) is 0 Å². The number of carbonyl (C=O) groups is 1. The molecule has 0 unspecified atom stereocenters. The van der Waals surface area contributed by atoms with Crippen molar-refractivity contribution in [3.05, 3.63) is 24.3 Å². The Morgan fingerprint density at radius 1 is 1.11 bits per heavy atom. The molecule has 0 aliphatic heterocycles. The van der Waals surface area contributed by atoms with Crippen LogP contribution in [0.2, 0.25) is 18.1 Å². The third kappa shape index (κ3) is 5.32. The second kappa shape index (κ2) is 9.28. The lowest BCUT2D eigenvalue weighted by molar-refractivity contribution is -0.112. The molecule has 0 saturated heterocycles. The van der Waals surface area contributed by atoms with E-state index in [0.29, 0.717) is 0 Å². The zero-order valence-electron chi connectivity index (χ0n) is 12.5. The summed E-state index contributed by atoms with van der Waals surface area (Å²) in [7, 11) is -1.65. The minimum Gasteiger partial charge on any atom is -0.410 e. The first-order valence-electron chi connectivity index (χ1n) is 7.01. The molecule has 0 N–H and O–H groups in total. The maximum absolute atomic E-state index is 11.0. The number of aldehydes is 1. The summed E-state index contributed by atoms with van der Waals surface area (Å²) in [6.07, 6.45) is 8.85. The highest BCUT2D eigenvalue weighted by atomic mass is 28.4. The maximum Gasteiger partial charge on any atom is 0.192 e. The van der Waals surface area contributed by atoms with Crippen molar-refractivity contribution in [2.24, 2.45) is 5.92 Å². The minimum absolute atomic E-state index is 0.0785. The van der Waals surface area contributed by atoms with Gasteiger partial charge >= 0.3 is 0 Å². The van der Waals surface area contributed by atoms with Crippen LogP contribution >= 0.6 is 0 Å². The number of allylic oxidation sites excluding steroid dienone is 3. The largest absolute Gasteiger partial charge is 0.410 e. The lowest BCUT2D eigenvalue weighted by atomic mass is 10.1. The van der Waals surface area contributed by atoms with Crippen molar-refractivity contribution in [3.8, 4) is 0 Å². The fraction of sp³-hybridized carbons (Fsp3) is 0.667. The van der Waals surface area contributed by atoms with Crippen molar-refractivity contribution in [1.82, 2.24) is 0 Å². The summed E-state index contributed by atoms with van der Waals surface area (Å²) in [6, 6.07) is 3.33. The molecule has 0 fully saturated rings. The molecule has 0 aromatic carbocycles. The molecule has 0 radical (unpaired) electrons. The molecule has 2 nitrogen and oxygen atoms in total. The Balaban J connectivity index is 4.91. The predicted octanol–water partition coefficient (Wildman–Crippen LogP) is 4.34. The van der Waals surface area contributed by atoms with Crippen molar-refractivity contribution in [2.75, 3.05) is 0 Å². The van der Waals surface area contributed by atoms with Gasteiger partial charge in [0.1, 0.15) is 6.29 Å². The smallest absolute Gasteiger partial charge is 0.192 e. The average Bonchev–Trinajstić information content (AvgIpc) is 2.42. The molecular weight excluding hydrogens is 240 g/mol. The summed E-state index contributed by atoms with van der Waals surface area (Å²) in [5, 5.41) is 0. The molecule has 2 atom stereocenters. The zero-order chi connectivity index (χ0) is 14.0. The van der Waals surface area contributed by atoms with E-state index in [-0.39, 0.29) is 12.0 Å². The van der Waals surface area contributed by atoms with Gasteiger partial charge < -0.3 is 9.22 Å². The number of hydrogen-bond acceptors (Lipinski definition) is 2. The van der Waals surface area contributed by atoms with E-state index in [1.807, 2.05) is 38.2 Å². The molecule has 0 saturated carbocycles. The molecule has 0 aromatic heterocycles. The molecular formula is C15H28O2Si. The average molecular weight is 268 g/mol. The van der Waals surface area contributed by atoms with Crippen LogP contribution in [-0.2, 0) is 9.22 Å². The van der Waals surface area contributed by atoms with Crippen LogP contribution in [0.5, 0.6) is 0 Å². The Morgan fingerprint density at radius 3 is 2.06 bits per heavy atom. The van der Waals surface area contributed by atoms with Gasteiger partial charge in [-0.1, -0.05) is 52.0 Å².